The summed E-state index contributed by atoms with van der Waals surface area (Å²) in [4.78, 5) is 44.8. The highest BCUT2D eigenvalue weighted by Gasteiger charge is 2.20. The molecule has 0 fully saturated rings. The fourth-order valence-corrected chi connectivity index (χ4v) is 4.36. The molecule has 1 aromatic carbocycles. The normalized spacial score (nSPS) is 11.0. The number of anilines is 1. The number of fused-ring (bicyclic) bond motifs is 1. The summed E-state index contributed by atoms with van der Waals surface area (Å²) in [6.45, 7) is 2.63. The summed E-state index contributed by atoms with van der Waals surface area (Å²) in [7, 11) is 0. The molecular weight excluding hydrogens is 446 g/mol. The molecule has 2 heterocycles. The van der Waals surface area contributed by atoms with Gasteiger partial charge in [-0.1, -0.05) is 6.92 Å². The number of aromatic nitrogens is 2. The number of carbonyl (C=O) groups is 3. The number of H-pyrrole nitrogens is 1. The minimum atomic E-state index is -1.07. The van der Waals surface area contributed by atoms with Gasteiger partial charge in [-0.25, -0.2) is 9.78 Å². The standard InChI is InChI=1S/C22H27N5O5S/c1-2-16-18(20(30)24-9-4-10-28)26-22(33-16)27-19(29)12-6-7-15-14(11-12)13(5-3-8-23)17(25-15)21(31)32/h6-7,11,25,28H,2-5,8-10,23H2,1H3,(H,24,30)(H,31,32)(H,26,27,29). The molecule has 0 atom stereocenters. The number of rotatable bonds is 11. The maximum absolute atomic E-state index is 12.9. The molecule has 0 aliphatic carbocycles. The Morgan fingerprint density at radius 2 is 2.00 bits per heavy atom. The number of hydrogen-bond donors (Lipinski definition) is 6. The first kappa shape index (κ1) is 24.4. The summed E-state index contributed by atoms with van der Waals surface area (Å²) >= 11 is 1.22. The predicted molar refractivity (Wildman–Crippen MR) is 126 cm³/mol. The smallest absolute Gasteiger partial charge is 0.352 e. The number of carbonyl (C=O) groups excluding carboxylic acids is 2. The Hall–Kier alpha value is -3.28. The van der Waals surface area contributed by atoms with Crippen molar-refractivity contribution >= 4 is 45.2 Å². The van der Waals surface area contributed by atoms with E-state index in [2.05, 4.69) is 20.6 Å². The number of aromatic carboxylic acids is 1. The fraction of sp³-hybridized carbons (Fsp3) is 0.364. The molecular formula is C22H27N5O5S. The van der Waals surface area contributed by atoms with Crippen molar-refractivity contribution in [3.8, 4) is 0 Å². The van der Waals surface area contributed by atoms with Gasteiger partial charge in [0.25, 0.3) is 11.8 Å². The second-order valence-electron chi connectivity index (χ2n) is 7.37. The van der Waals surface area contributed by atoms with Crippen LogP contribution in [0.1, 0.15) is 61.5 Å². The number of aliphatic hydroxyl groups excluding tert-OH is 1. The molecule has 0 aliphatic rings. The van der Waals surface area contributed by atoms with Crippen LogP contribution in [0, 0.1) is 0 Å². The van der Waals surface area contributed by atoms with Crippen LogP contribution in [0.15, 0.2) is 18.2 Å². The number of nitrogens with one attached hydrogen (secondary N) is 3. The Balaban J connectivity index is 1.84. The van der Waals surface area contributed by atoms with Crippen LogP contribution in [0.4, 0.5) is 5.13 Å². The average Bonchev–Trinajstić information content (AvgIpc) is 3.38. The molecule has 33 heavy (non-hydrogen) atoms. The minimum absolute atomic E-state index is 0.0212. The number of aliphatic hydroxyl groups is 1. The number of nitrogens with zero attached hydrogens (tertiary/aromatic N) is 1. The van der Waals surface area contributed by atoms with Crippen molar-refractivity contribution in [1.29, 1.82) is 0 Å². The third kappa shape index (κ3) is 5.56. The van der Waals surface area contributed by atoms with E-state index in [1.807, 2.05) is 6.92 Å². The van der Waals surface area contributed by atoms with Crippen LogP contribution in [-0.2, 0) is 12.8 Å². The molecule has 3 rings (SSSR count). The van der Waals surface area contributed by atoms with Gasteiger partial charge in [-0.15, -0.1) is 11.3 Å². The lowest BCUT2D eigenvalue weighted by Crippen LogP contribution is -2.26. The lowest BCUT2D eigenvalue weighted by Gasteiger charge is -2.04. The number of aryl methyl sites for hydroxylation is 2. The largest absolute Gasteiger partial charge is 0.477 e. The predicted octanol–water partition coefficient (Wildman–Crippen LogP) is 2.14. The summed E-state index contributed by atoms with van der Waals surface area (Å²) in [5, 5.41) is 24.8. The number of thiazole rings is 1. The number of nitrogens with two attached hydrogens (primary N) is 1. The van der Waals surface area contributed by atoms with Gasteiger partial charge in [-0.2, -0.15) is 0 Å². The summed E-state index contributed by atoms with van der Waals surface area (Å²) in [5.74, 6) is -1.83. The number of amides is 2. The Bertz CT molecular complexity index is 1170. The molecule has 11 heteroatoms. The molecule has 0 aliphatic heterocycles. The molecule has 2 amide bonds. The van der Waals surface area contributed by atoms with E-state index >= 15 is 0 Å². The number of hydrogen-bond acceptors (Lipinski definition) is 7. The molecule has 0 saturated heterocycles. The third-order valence-corrected chi connectivity index (χ3v) is 6.20. The van der Waals surface area contributed by atoms with Gasteiger partial charge in [-0.05, 0) is 56.0 Å². The van der Waals surface area contributed by atoms with Crippen LogP contribution >= 0.6 is 11.3 Å². The Labute approximate surface area is 194 Å². The zero-order valence-corrected chi connectivity index (χ0v) is 19.1. The van der Waals surface area contributed by atoms with Crippen LogP contribution in [0.5, 0.6) is 0 Å². The van der Waals surface area contributed by atoms with E-state index < -0.39 is 11.9 Å². The van der Waals surface area contributed by atoms with Gasteiger partial charge in [0.15, 0.2) is 5.13 Å². The summed E-state index contributed by atoms with van der Waals surface area (Å²) < 4.78 is 0. The van der Waals surface area contributed by atoms with Crippen molar-refractivity contribution in [3.63, 3.8) is 0 Å². The van der Waals surface area contributed by atoms with Crippen molar-refractivity contribution < 1.29 is 24.6 Å². The lowest BCUT2D eigenvalue weighted by molar-refractivity contribution is 0.0689. The van der Waals surface area contributed by atoms with Crippen LogP contribution < -0.4 is 16.4 Å². The van der Waals surface area contributed by atoms with Crippen molar-refractivity contribution in [2.45, 2.75) is 32.6 Å². The first-order chi connectivity index (χ1) is 15.9. The van der Waals surface area contributed by atoms with Gasteiger partial charge in [0.1, 0.15) is 11.4 Å². The molecule has 10 nitrogen and oxygen atoms in total. The molecule has 3 aromatic rings. The maximum Gasteiger partial charge on any atom is 0.352 e. The first-order valence-electron chi connectivity index (χ1n) is 10.7. The second-order valence-corrected chi connectivity index (χ2v) is 8.45. The molecule has 2 aromatic heterocycles. The summed E-state index contributed by atoms with van der Waals surface area (Å²) in [6, 6.07) is 4.92. The van der Waals surface area contributed by atoms with Gasteiger partial charge >= 0.3 is 5.97 Å². The van der Waals surface area contributed by atoms with E-state index in [1.165, 1.54) is 11.3 Å². The summed E-state index contributed by atoms with van der Waals surface area (Å²) in [6.07, 6.45) is 2.11. The molecule has 0 radical (unpaired) electrons. The first-order valence-corrected chi connectivity index (χ1v) is 11.5. The number of carboxylic acids is 1. The topological polar surface area (TPSA) is 170 Å². The quantitative estimate of drug-likeness (QED) is 0.232. The van der Waals surface area contributed by atoms with Crippen LogP contribution in [0.25, 0.3) is 10.9 Å². The van der Waals surface area contributed by atoms with E-state index in [-0.39, 0.29) is 23.9 Å². The molecule has 7 N–H and O–H groups in total. The highest BCUT2D eigenvalue weighted by molar-refractivity contribution is 7.16. The van der Waals surface area contributed by atoms with Gasteiger partial charge in [0, 0.05) is 34.5 Å². The van der Waals surface area contributed by atoms with Crippen molar-refractivity contribution in [2.24, 2.45) is 5.73 Å². The zero-order chi connectivity index (χ0) is 24.0. The van der Waals surface area contributed by atoms with Gasteiger partial charge in [0.05, 0.1) is 0 Å². The molecule has 0 spiro atoms. The van der Waals surface area contributed by atoms with Gasteiger partial charge in [-0.3, -0.25) is 14.9 Å². The number of benzene rings is 1. The zero-order valence-electron chi connectivity index (χ0n) is 18.2. The monoisotopic (exact) mass is 473 g/mol. The van der Waals surface area contributed by atoms with E-state index in [0.717, 1.165) is 4.88 Å². The minimum Gasteiger partial charge on any atom is -0.477 e. The fourth-order valence-electron chi connectivity index (χ4n) is 3.47. The SMILES string of the molecule is CCc1sc(NC(=O)c2ccc3[nH]c(C(=O)O)c(CCCN)c3c2)nc1C(=O)NCCCO. The molecule has 0 saturated carbocycles. The average molecular weight is 474 g/mol. The summed E-state index contributed by atoms with van der Waals surface area (Å²) in [5.41, 5.74) is 7.53. The van der Waals surface area contributed by atoms with E-state index in [9.17, 15) is 19.5 Å². The van der Waals surface area contributed by atoms with Crippen LogP contribution in [0.3, 0.4) is 0 Å². The van der Waals surface area contributed by atoms with Gasteiger partial charge in [0.2, 0.25) is 0 Å². The van der Waals surface area contributed by atoms with E-state index in [1.54, 1.807) is 18.2 Å². The number of carboxylic acid groups (broad SMARTS) is 1. The Morgan fingerprint density at radius 3 is 2.67 bits per heavy atom. The molecule has 0 bridgehead atoms. The van der Waals surface area contributed by atoms with Gasteiger partial charge < -0.3 is 26.2 Å². The maximum atomic E-state index is 12.9. The molecule has 176 valence electrons. The van der Waals surface area contributed by atoms with Crippen molar-refractivity contribution in [2.75, 3.05) is 25.0 Å². The Kier molecular flexibility index (Phi) is 8.15. The third-order valence-electron chi connectivity index (χ3n) is 5.09. The lowest BCUT2D eigenvalue weighted by atomic mass is 10.0. The molecule has 0 unspecified atom stereocenters. The van der Waals surface area contributed by atoms with Crippen molar-refractivity contribution in [3.05, 3.63) is 45.6 Å². The number of aromatic amines is 1. The van der Waals surface area contributed by atoms with Crippen LogP contribution in [0.2, 0.25) is 0 Å². The highest BCUT2D eigenvalue weighted by atomic mass is 32.1. The van der Waals surface area contributed by atoms with E-state index in [4.69, 9.17) is 10.8 Å². The second kappa shape index (κ2) is 11.0. The Morgan fingerprint density at radius 1 is 1.21 bits per heavy atom. The van der Waals surface area contributed by atoms with Crippen LogP contribution in [-0.4, -0.2) is 57.7 Å². The highest BCUT2D eigenvalue weighted by Crippen LogP contribution is 2.27. The van der Waals surface area contributed by atoms with E-state index in [0.29, 0.717) is 65.9 Å². The van der Waals surface area contributed by atoms with Crippen molar-refractivity contribution in [1.82, 2.24) is 15.3 Å².